The highest BCUT2D eigenvalue weighted by molar-refractivity contribution is 9.10. The van der Waals surface area contributed by atoms with Gasteiger partial charge in [0.15, 0.2) is 0 Å². The first-order chi connectivity index (χ1) is 17.1. The van der Waals surface area contributed by atoms with Crippen LogP contribution in [-0.2, 0) is 5.54 Å². The summed E-state index contributed by atoms with van der Waals surface area (Å²) < 4.78 is 0.946. The van der Waals surface area contributed by atoms with Gasteiger partial charge in [0.25, 0.3) is 0 Å². The Balaban J connectivity index is 0.00000141. The number of aliphatic imine (C=N–C) groups is 1. The number of halogens is 2. The second-order valence-electron chi connectivity index (χ2n) is 8.43. The van der Waals surface area contributed by atoms with Crippen LogP contribution in [0.2, 0.25) is 5.02 Å². The number of nitrogen functional groups attached to an aromatic ring is 1. The van der Waals surface area contributed by atoms with E-state index in [-0.39, 0.29) is 0 Å². The maximum atomic E-state index is 7.00. The van der Waals surface area contributed by atoms with Crippen molar-refractivity contribution < 1.29 is 5.11 Å². The molecule has 0 radical (unpaired) electrons. The number of aliphatic hydroxyl groups is 1. The van der Waals surface area contributed by atoms with Crippen molar-refractivity contribution in [1.82, 2.24) is 0 Å². The van der Waals surface area contributed by atoms with Crippen molar-refractivity contribution in [2.24, 2.45) is 4.99 Å². The number of nitrogens with two attached hydrogens (primary N) is 1. The van der Waals surface area contributed by atoms with Crippen molar-refractivity contribution in [1.29, 1.82) is 0 Å². The Hall–Kier alpha value is -2.92. The van der Waals surface area contributed by atoms with Crippen LogP contribution < -0.4 is 5.73 Å². The van der Waals surface area contributed by atoms with Gasteiger partial charge in [-0.15, -0.1) is 0 Å². The second kappa shape index (κ2) is 11.2. The molecule has 0 aliphatic heterocycles. The number of aliphatic hydroxyl groups excluding tert-OH is 1. The topological polar surface area (TPSA) is 58.6 Å². The van der Waals surface area contributed by atoms with Gasteiger partial charge in [-0.1, -0.05) is 103 Å². The average Bonchev–Trinajstić information content (AvgIpc) is 3.74. The lowest BCUT2D eigenvalue weighted by Gasteiger charge is -2.32. The maximum absolute atomic E-state index is 7.00. The van der Waals surface area contributed by atoms with Crippen LogP contribution in [0.25, 0.3) is 0 Å². The molecule has 1 fully saturated rings. The Labute approximate surface area is 220 Å². The molecule has 0 aromatic heterocycles. The molecule has 1 aliphatic carbocycles. The molecule has 3 nitrogen and oxygen atoms in total. The molecule has 178 valence electrons. The summed E-state index contributed by atoms with van der Waals surface area (Å²) in [6.45, 7) is 0. The fourth-order valence-electron chi connectivity index (χ4n) is 4.47. The van der Waals surface area contributed by atoms with Crippen molar-refractivity contribution in [3.8, 4) is 0 Å². The molecular formula is C30H28BrClN2O. The van der Waals surface area contributed by atoms with E-state index in [1.807, 2.05) is 30.5 Å². The van der Waals surface area contributed by atoms with Gasteiger partial charge in [-0.2, -0.15) is 0 Å². The van der Waals surface area contributed by atoms with E-state index < -0.39 is 5.54 Å². The van der Waals surface area contributed by atoms with Crippen molar-refractivity contribution >= 4 is 39.4 Å². The molecule has 0 spiro atoms. The van der Waals surface area contributed by atoms with Gasteiger partial charge >= 0.3 is 0 Å². The lowest BCUT2D eigenvalue weighted by atomic mass is 9.77. The molecule has 0 heterocycles. The standard InChI is InChI=1S/C29H24BrClN2.CH4O/c30-28-24(26(32)18-25(31)27(28)20-16-17-20)19-33-29(21-10-4-1-5-11-21,22-12-6-2-7-13-22)23-14-8-3-9-15-23;1-2/h1-15,18-20H,16-17,32H2;2H,1H3. The van der Waals surface area contributed by atoms with Gasteiger partial charge in [-0.05, 0) is 63.0 Å². The zero-order chi connectivity index (χ0) is 24.8. The van der Waals surface area contributed by atoms with Crippen LogP contribution in [0, 0.1) is 0 Å². The molecule has 1 saturated carbocycles. The van der Waals surface area contributed by atoms with Crippen LogP contribution in [-0.4, -0.2) is 18.4 Å². The average molecular weight is 548 g/mol. The van der Waals surface area contributed by atoms with Crippen LogP contribution in [0.3, 0.4) is 0 Å². The largest absolute Gasteiger partial charge is 0.400 e. The van der Waals surface area contributed by atoms with Crippen molar-refractivity contribution in [2.45, 2.75) is 24.3 Å². The fraction of sp³-hybridized carbons (Fsp3) is 0.167. The van der Waals surface area contributed by atoms with Gasteiger partial charge in [-0.25, -0.2) is 0 Å². The first-order valence-corrected chi connectivity index (χ1v) is 12.7. The predicted molar refractivity (Wildman–Crippen MR) is 150 cm³/mol. The molecule has 0 saturated heterocycles. The Morgan fingerprint density at radius 2 is 1.29 bits per heavy atom. The zero-order valence-corrected chi connectivity index (χ0v) is 21.9. The fourth-order valence-corrected chi connectivity index (χ4v) is 5.82. The van der Waals surface area contributed by atoms with Crippen molar-refractivity contribution in [2.75, 3.05) is 12.8 Å². The lowest BCUT2D eigenvalue weighted by Crippen LogP contribution is -2.27. The van der Waals surface area contributed by atoms with Crippen LogP contribution in [0.1, 0.15) is 46.6 Å². The van der Waals surface area contributed by atoms with E-state index in [4.69, 9.17) is 27.4 Å². The third-order valence-electron chi connectivity index (χ3n) is 6.27. The third kappa shape index (κ3) is 5.06. The van der Waals surface area contributed by atoms with E-state index in [9.17, 15) is 0 Å². The van der Waals surface area contributed by atoms with E-state index >= 15 is 0 Å². The summed E-state index contributed by atoms with van der Waals surface area (Å²) in [5, 5.41) is 7.72. The number of hydrogen-bond donors (Lipinski definition) is 2. The first-order valence-electron chi connectivity index (χ1n) is 11.5. The van der Waals surface area contributed by atoms with Gasteiger partial charge in [0.2, 0.25) is 0 Å². The summed E-state index contributed by atoms with van der Waals surface area (Å²) in [5.41, 5.74) is 11.6. The van der Waals surface area contributed by atoms with E-state index in [0.29, 0.717) is 11.6 Å². The number of rotatable bonds is 6. The molecule has 1 aliphatic rings. The quantitative estimate of drug-likeness (QED) is 0.148. The third-order valence-corrected chi connectivity index (χ3v) is 7.44. The molecule has 4 aromatic rings. The van der Waals surface area contributed by atoms with Crippen LogP contribution in [0.5, 0.6) is 0 Å². The molecular weight excluding hydrogens is 520 g/mol. The Bertz CT molecular complexity index is 1190. The summed E-state index contributed by atoms with van der Waals surface area (Å²) in [4.78, 5) is 5.33. The summed E-state index contributed by atoms with van der Waals surface area (Å²) in [6, 6.07) is 33.1. The molecule has 5 heteroatoms. The minimum Gasteiger partial charge on any atom is -0.400 e. The number of hydrogen-bond acceptors (Lipinski definition) is 3. The number of benzene rings is 4. The van der Waals surface area contributed by atoms with Gasteiger partial charge in [0, 0.05) is 34.1 Å². The number of nitrogens with zero attached hydrogens (tertiary/aromatic N) is 1. The smallest absolute Gasteiger partial charge is 0.136 e. The molecule has 0 atom stereocenters. The van der Waals surface area contributed by atoms with E-state index in [2.05, 4.69) is 88.7 Å². The van der Waals surface area contributed by atoms with Crippen LogP contribution in [0.15, 0.2) is 107 Å². The maximum Gasteiger partial charge on any atom is 0.136 e. The molecule has 3 N–H and O–H groups in total. The van der Waals surface area contributed by atoms with E-state index in [0.717, 1.165) is 57.3 Å². The lowest BCUT2D eigenvalue weighted by molar-refractivity contribution is 0.399. The molecule has 0 amide bonds. The normalized spacial score (nSPS) is 13.4. The molecule has 0 bridgehead atoms. The summed E-state index contributed by atoms with van der Waals surface area (Å²) in [6.07, 6.45) is 4.22. The zero-order valence-electron chi connectivity index (χ0n) is 19.5. The SMILES string of the molecule is CO.Nc1cc(Cl)c(C2CC2)c(Br)c1C=NC(c1ccccc1)(c1ccccc1)c1ccccc1. The summed E-state index contributed by atoms with van der Waals surface area (Å²) >= 11 is 10.4. The minimum absolute atomic E-state index is 0.488. The van der Waals surface area contributed by atoms with E-state index in [1.165, 1.54) is 0 Å². The summed E-state index contributed by atoms with van der Waals surface area (Å²) in [5.74, 6) is 0.488. The highest BCUT2D eigenvalue weighted by atomic mass is 79.9. The van der Waals surface area contributed by atoms with Crippen molar-refractivity contribution in [3.05, 3.63) is 134 Å². The van der Waals surface area contributed by atoms with E-state index in [1.54, 1.807) is 0 Å². The highest BCUT2D eigenvalue weighted by Crippen LogP contribution is 2.48. The monoisotopic (exact) mass is 546 g/mol. The van der Waals surface area contributed by atoms with Gasteiger partial charge in [0.05, 0.1) is 0 Å². The van der Waals surface area contributed by atoms with Crippen LogP contribution in [0.4, 0.5) is 5.69 Å². The molecule has 35 heavy (non-hydrogen) atoms. The van der Waals surface area contributed by atoms with Crippen molar-refractivity contribution in [3.63, 3.8) is 0 Å². The minimum atomic E-state index is -0.727. The van der Waals surface area contributed by atoms with Gasteiger partial charge < -0.3 is 10.8 Å². The Morgan fingerprint density at radius 1 is 0.857 bits per heavy atom. The highest BCUT2D eigenvalue weighted by Gasteiger charge is 2.36. The Morgan fingerprint density at radius 3 is 1.69 bits per heavy atom. The summed E-state index contributed by atoms with van der Waals surface area (Å²) in [7, 11) is 1.00. The van der Waals surface area contributed by atoms with Crippen LogP contribution >= 0.6 is 27.5 Å². The Kier molecular flexibility index (Phi) is 8.07. The molecule has 5 rings (SSSR count). The number of anilines is 1. The predicted octanol–water partition coefficient (Wildman–Crippen LogP) is 7.58. The molecule has 4 aromatic carbocycles. The second-order valence-corrected chi connectivity index (χ2v) is 9.63. The first kappa shape index (κ1) is 25.2. The van der Waals surface area contributed by atoms with Gasteiger partial charge in [-0.3, -0.25) is 4.99 Å². The van der Waals surface area contributed by atoms with Gasteiger partial charge in [0.1, 0.15) is 5.54 Å². The molecule has 0 unspecified atom stereocenters.